The molecule has 0 spiro atoms. The second kappa shape index (κ2) is 30.1. The first-order valence-corrected chi connectivity index (χ1v) is 2.19. The molecule has 0 atom stereocenters. The van der Waals surface area contributed by atoms with Gasteiger partial charge in [0.2, 0.25) is 0 Å². The average molecular weight is 230 g/mol. The SMILES string of the molecule is O.O.O.O.O.O.O=P([O-])([O-])[O-].[Al+3]. The van der Waals surface area contributed by atoms with Crippen LogP contribution in [0.1, 0.15) is 0 Å². The molecule has 0 aliphatic carbocycles. The number of hydrogen-bond acceptors (Lipinski definition) is 4. The largest absolute Gasteiger partial charge is 3.00 e. The monoisotopic (exact) mass is 230 g/mol. The van der Waals surface area contributed by atoms with Crippen molar-refractivity contribution in [1.82, 2.24) is 0 Å². The van der Waals surface area contributed by atoms with Gasteiger partial charge in [0.1, 0.15) is 0 Å². The molecule has 0 fully saturated rings. The Kier molecular flexibility index (Phi) is 209. The maximum atomic E-state index is 8.55. The summed E-state index contributed by atoms with van der Waals surface area (Å²) < 4.78 is 8.55. The van der Waals surface area contributed by atoms with Crippen LogP contribution in [0.5, 0.6) is 0 Å². The Balaban J connectivity index is -0.00000000381. The molecule has 12 N–H and O–H groups in total. The van der Waals surface area contributed by atoms with Gasteiger partial charge in [0.05, 0.1) is 0 Å². The first kappa shape index (κ1) is 83.2. The molecule has 0 aromatic heterocycles. The van der Waals surface area contributed by atoms with Gasteiger partial charge >= 0.3 is 17.4 Å². The van der Waals surface area contributed by atoms with E-state index in [0.29, 0.717) is 0 Å². The minimum atomic E-state index is -5.39. The third-order valence-corrected chi connectivity index (χ3v) is 0. The fourth-order valence-corrected chi connectivity index (χ4v) is 0. The molecule has 0 amide bonds. The van der Waals surface area contributed by atoms with Gasteiger partial charge in [-0.1, -0.05) is 0 Å². The van der Waals surface area contributed by atoms with E-state index < -0.39 is 7.82 Å². The quantitative estimate of drug-likeness (QED) is 0.289. The van der Waals surface area contributed by atoms with Crippen LogP contribution in [-0.4, -0.2) is 50.2 Å². The van der Waals surface area contributed by atoms with Gasteiger partial charge in [-0.25, -0.2) is 0 Å². The third-order valence-electron chi connectivity index (χ3n) is 0. The molecule has 0 saturated heterocycles. The Morgan fingerprint density at radius 3 is 0.667 bits per heavy atom. The number of rotatable bonds is 0. The van der Waals surface area contributed by atoms with Crippen LogP contribution in [0.25, 0.3) is 0 Å². The van der Waals surface area contributed by atoms with E-state index in [2.05, 4.69) is 0 Å². The zero-order valence-corrected chi connectivity index (χ0v) is 7.71. The van der Waals surface area contributed by atoms with E-state index in [4.69, 9.17) is 19.2 Å². The number of hydrogen-bond donors (Lipinski definition) is 0. The van der Waals surface area contributed by atoms with E-state index >= 15 is 0 Å². The Bertz CT molecular complexity index is 56.0. The summed E-state index contributed by atoms with van der Waals surface area (Å²) in [6.07, 6.45) is 0. The van der Waals surface area contributed by atoms with Crippen LogP contribution in [0.2, 0.25) is 0 Å². The predicted molar refractivity (Wildman–Crippen MR) is 35.0 cm³/mol. The standard InChI is InChI=1S/Al.H3O4P.6H2O/c;1-5(2,3)4;;;;;;/h;(H3,1,2,3,4);6*1H2/q+3;;;;;;;/p-3. The molecular formula is H12AlO10P. The van der Waals surface area contributed by atoms with Crippen molar-refractivity contribution in [2.24, 2.45) is 0 Å². The summed E-state index contributed by atoms with van der Waals surface area (Å²) in [6.45, 7) is 0. The maximum Gasteiger partial charge on any atom is 3.00 e. The Labute approximate surface area is 78.1 Å². The van der Waals surface area contributed by atoms with Crippen LogP contribution < -0.4 is 14.7 Å². The third kappa shape index (κ3) is 5680. The average Bonchev–Trinajstić information content (AvgIpc) is 0.722. The number of phosphoric acid groups is 1. The minimum Gasteiger partial charge on any atom is -0.822 e. The van der Waals surface area contributed by atoms with Crippen molar-refractivity contribution in [2.45, 2.75) is 0 Å². The van der Waals surface area contributed by atoms with Crippen molar-refractivity contribution in [2.75, 3.05) is 0 Å². The summed E-state index contributed by atoms with van der Waals surface area (Å²) >= 11 is 0. The molecule has 0 heterocycles. The second-order valence-electron chi connectivity index (χ2n) is 0.447. The molecule has 0 aliphatic rings. The molecule has 0 aliphatic heterocycles. The summed E-state index contributed by atoms with van der Waals surface area (Å²) in [5.74, 6) is 0. The summed E-state index contributed by atoms with van der Waals surface area (Å²) in [5, 5.41) is 0. The molecule has 0 radical (unpaired) electrons. The van der Waals surface area contributed by atoms with E-state index in [1.54, 1.807) is 0 Å². The molecule has 0 aromatic rings. The van der Waals surface area contributed by atoms with Crippen LogP contribution in [0.3, 0.4) is 0 Å². The predicted octanol–water partition coefficient (Wildman–Crippen LogP) is -8.15. The van der Waals surface area contributed by atoms with Gasteiger partial charge in [0.15, 0.2) is 0 Å². The van der Waals surface area contributed by atoms with E-state index in [0.717, 1.165) is 0 Å². The van der Waals surface area contributed by atoms with Gasteiger partial charge in [-0.2, -0.15) is 7.82 Å². The normalized spacial score (nSPS) is 4.92. The summed E-state index contributed by atoms with van der Waals surface area (Å²) in [5.41, 5.74) is 0. The molecule has 12 heteroatoms. The van der Waals surface area contributed by atoms with Gasteiger partial charge in [-0.3, -0.25) is 0 Å². The molecule has 0 rings (SSSR count). The molecule has 12 heavy (non-hydrogen) atoms. The minimum absolute atomic E-state index is 0. The van der Waals surface area contributed by atoms with E-state index in [-0.39, 0.29) is 50.2 Å². The molecule has 0 bridgehead atoms. The van der Waals surface area contributed by atoms with E-state index in [1.807, 2.05) is 0 Å². The first-order valence-electron chi connectivity index (χ1n) is 0.730. The van der Waals surface area contributed by atoms with Gasteiger partial charge in [-0.05, 0) is 0 Å². The van der Waals surface area contributed by atoms with Crippen LogP contribution in [0.4, 0.5) is 0 Å². The topological polar surface area (TPSA) is 275 Å². The Morgan fingerprint density at radius 1 is 0.667 bits per heavy atom. The fourth-order valence-electron chi connectivity index (χ4n) is 0. The Morgan fingerprint density at radius 2 is 0.667 bits per heavy atom. The molecule has 0 unspecified atom stereocenters. The fraction of sp³-hybridized carbons (Fsp3) is 0. The van der Waals surface area contributed by atoms with Crippen LogP contribution >= 0.6 is 7.82 Å². The zero-order chi connectivity index (χ0) is 4.50. The van der Waals surface area contributed by atoms with Crippen molar-refractivity contribution >= 4 is 25.2 Å². The molecule has 80 valence electrons. The molecule has 10 nitrogen and oxygen atoms in total. The van der Waals surface area contributed by atoms with Crippen molar-refractivity contribution in [1.29, 1.82) is 0 Å². The van der Waals surface area contributed by atoms with Crippen molar-refractivity contribution in [3.63, 3.8) is 0 Å². The molecular weight excluding hydrogens is 218 g/mol. The second-order valence-corrected chi connectivity index (χ2v) is 1.34. The van der Waals surface area contributed by atoms with E-state index in [9.17, 15) is 0 Å². The van der Waals surface area contributed by atoms with Crippen molar-refractivity contribution in [3.8, 4) is 0 Å². The molecule has 0 aromatic carbocycles. The Hall–Kier alpha value is 0.402. The van der Waals surface area contributed by atoms with E-state index in [1.165, 1.54) is 0 Å². The van der Waals surface area contributed by atoms with Crippen molar-refractivity contribution in [3.05, 3.63) is 0 Å². The van der Waals surface area contributed by atoms with Crippen molar-refractivity contribution < 1.29 is 52.1 Å². The molecule has 0 saturated carbocycles. The summed E-state index contributed by atoms with van der Waals surface area (Å²) in [7, 11) is -5.39. The first-order chi connectivity index (χ1) is 2.00. The van der Waals surface area contributed by atoms with Gasteiger partial charge in [0, 0.05) is 0 Å². The van der Waals surface area contributed by atoms with Crippen LogP contribution in [0, 0.1) is 0 Å². The van der Waals surface area contributed by atoms with Crippen LogP contribution in [0.15, 0.2) is 0 Å². The van der Waals surface area contributed by atoms with Crippen LogP contribution in [-0.2, 0) is 4.57 Å². The smallest absolute Gasteiger partial charge is 0.822 e. The van der Waals surface area contributed by atoms with Gasteiger partial charge in [0.25, 0.3) is 0 Å². The zero-order valence-electron chi connectivity index (χ0n) is 5.66. The summed E-state index contributed by atoms with van der Waals surface area (Å²) in [6, 6.07) is 0. The van der Waals surface area contributed by atoms with Gasteiger partial charge < -0.3 is 52.1 Å². The maximum absolute atomic E-state index is 8.55. The van der Waals surface area contributed by atoms with Gasteiger partial charge in [-0.15, -0.1) is 0 Å². The summed E-state index contributed by atoms with van der Waals surface area (Å²) in [4.78, 5) is 25.6.